The smallest absolute Gasteiger partial charge is 0.0762 e. The second-order valence-corrected chi connectivity index (χ2v) is 6.53. The van der Waals surface area contributed by atoms with Crippen LogP contribution in [0, 0.1) is 13.8 Å². The zero-order chi connectivity index (χ0) is 16.5. The quantitative estimate of drug-likeness (QED) is 0.742. The van der Waals surface area contributed by atoms with Crippen LogP contribution in [0.5, 0.6) is 0 Å². The highest BCUT2D eigenvalue weighted by atomic mass is 35.5. The van der Waals surface area contributed by atoms with Crippen molar-refractivity contribution in [1.29, 1.82) is 0 Å². The minimum Gasteiger partial charge on any atom is -0.368 e. The highest BCUT2D eigenvalue weighted by molar-refractivity contribution is 5.96. The van der Waals surface area contributed by atoms with Crippen molar-refractivity contribution < 1.29 is 0 Å². The molecule has 0 atom stereocenters. The summed E-state index contributed by atoms with van der Waals surface area (Å²) in [4.78, 5) is 7.51. The molecular weight excluding hydrogens is 330 g/mol. The third-order valence-electron chi connectivity index (χ3n) is 5.01. The summed E-state index contributed by atoms with van der Waals surface area (Å²) in [6, 6.07) is 17.2. The van der Waals surface area contributed by atoms with Gasteiger partial charge in [-0.15, -0.1) is 12.4 Å². The number of hydrogen-bond donors (Lipinski definition) is 1. The lowest BCUT2D eigenvalue weighted by atomic mass is 10.0. The summed E-state index contributed by atoms with van der Waals surface area (Å²) in [6.07, 6.45) is 0. The van der Waals surface area contributed by atoms with E-state index in [2.05, 4.69) is 72.6 Å². The maximum Gasteiger partial charge on any atom is 0.0762 e. The third-order valence-corrected chi connectivity index (χ3v) is 5.01. The summed E-state index contributed by atoms with van der Waals surface area (Å²) in [5.41, 5.74) is 7.25. The van der Waals surface area contributed by atoms with Gasteiger partial charge in [-0.25, -0.2) is 4.98 Å². The molecule has 0 bridgehead atoms. The lowest BCUT2D eigenvalue weighted by molar-refractivity contribution is 0.590. The third kappa shape index (κ3) is 3.35. The van der Waals surface area contributed by atoms with Crippen molar-refractivity contribution in [3.63, 3.8) is 0 Å². The number of halogens is 1. The first-order valence-electron chi connectivity index (χ1n) is 8.66. The molecule has 1 aliphatic heterocycles. The van der Waals surface area contributed by atoms with E-state index in [9.17, 15) is 0 Å². The SMILES string of the molecule is Cc1ccc2c(N3CCNCC3)cc(-c3ccccc3)nc2c1C.Cl. The lowest BCUT2D eigenvalue weighted by Crippen LogP contribution is -2.43. The molecule has 0 amide bonds. The molecular formula is C21H24ClN3. The van der Waals surface area contributed by atoms with Crippen LogP contribution in [0.25, 0.3) is 22.2 Å². The zero-order valence-electron chi connectivity index (χ0n) is 14.7. The second-order valence-electron chi connectivity index (χ2n) is 6.53. The second kappa shape index (κ2) is 7.42. The van der Waals surface area contributed by atoms with Crippen LogP contribution in [-0.2, 0) is 0 Å². The van der Waals surface area contributed by atoms with Gasteiger partial charge >= 0.3 is 0 Å². The van der Waals surface area contributed by atoms with E-state index in [0.29, 0.717) is 0 Å². The standard InChI is InChI=1S/C21H23N3.ClH/c1-15-8-9-18-20(24-12-10-22-11-13-24)14-19(23-21(18)16(15)2)17-6-4-3-5-7-17;/h3-9,14,22H,10-13H2,1-2H3;1H. The van der Waals surface area contributed by atoms with Gasteiger partial charge in [0.2, 0.25) is 0 Å². The summed E-state index contributed by atoms with van der Waals surface area (Å²) in [5, 5.41) is 4.71. The van der Waals surface area contributed by atoms with E-state index < -0.39 is 0 Å². The number of benzene rings is 2. The van der Waals surface area contributed by atoms with Crippen molar-refractivity contribution >= 4 is 29.0 Å². The van der Waals surface area contributed by atoms with Crippen LogP contribution in [-0.4, -0.2) is 31.2 Å². The zero-order valence-corrected chi connectivity index (χ0v) is 15.6. The Hall–Kier alpha value is -2.10. The van der Waals surface area contributed by atoms with E-state index in [1.807, 2.05) is 0 Å². The Morgan fingerprint density at radius 1 is 0.960 bits per heavy atom. The van der Waals surface area contributed by atoms with E-state index in [4.69, 9.17) is 4.98 Å². The molecule has 2 aromatic carbocycles. The average molecular weight is 354 g/mol. The Morgan fingerprint density at radius 2 is 1.68 bits per heavy atom. The van der Waals surface area contributed by atoms with Crippen molar-refractivity contribution in [3.05, 3.63) is 59.7 Å². The van der Waals surface area contributed by atoms with Crippen LogP contribution in [0.4, 0.5) is 5.69 Å². The van der Waals surface area contributed by atoms with Gasteiger partial charge in [-0.05, 0) is 31.0 Å². The van der Waals surface area contributed by atoms with Crippen molar-refractivity contribution in [2.24, 2.45) is 0 Å². The van der Waals surface area contributed by atoms with Gasteiger partial charge < -0.3 is 10.2 Å². The Morgan fingerprint density at radius 3 is 2.40 bits per heavy atom. The van der Waals surface area contributed by atoms with Gasteiger partial charge in [-0.3, -0.25) is 0 Å². The Bertz CT molecular complexity index is 871. The van der Waals surface area contributed by atoms with Gasteiger partial charge in [-0.1, -0.05) is 42.5 Å². The first-order chi connectivity index (χ1) is 11.7. The Balaban J connectivity index is 0.00000182. The summed E-state index contributed by atoms with van der Waals surface area (Å²) < 4.78 is 0. The number of piperazine rings is 1. The van der Waals surface area contributed by atoms with E-state index in [0.717, 1.165) is 37.4 Å². The molecule has 1 aromatic heterocycles. The molecule has 1 N–H and O–H groups in total. The fraction of sp³-hybridized carbons (Fsp3) is 0.286. The molecule has 25 heavy (non-hydrogen) atoms. The van der Waals surface area contributed by atoms with Gasteiger partial charge in [0, 0.05) is 42.8 Å². The van der Waals surface area contributed by atoms with Crippen molar-refractivity contribution in [2.45, 2.75) is 13.8 Å². The summed E-state index contributed by atoms with van der Waals surface area (Å²) in [7, 11) is 0. The normalized spacial score (nSPS) is 14.4. The van der Waals surface area contributed by atoms with E-state index in [1.54, 1.807) is 0 Å². The molecule has 130 valence electrons. The summed E-state index contributed by atoms with van der Waals surface area (Å²) >= 11 is 0. The minimum absolute atomic E-state index is 0. The van der Waals surface area contributed by atoms with Gasteiger partial charge in [0.1, 0.15) is 0 Å². The van der Waals surface area contributed by atoms with Crippen LogP contribution in [0.2, 0.25) is 0 Å². The molecule has 0 radical (unpaired) electrons. The number of aryl methyl sites for hydroxylation is 2. The molecule has 2 heterocycles. The number of nitrogens with zero attached hydrogens (tertiary/aromatic N) is 2. The van der Waals surface area contributed by atoms with Crippen molar-refractivity contribution in [3.8, 4) is 11.3 Å². The number of pyridine rings is 1. The van der Waals surface area contributed by atoms with Crippen molar-refractivity contribution in [1.82, 2.24) is 10.3 Å². The predicted molar refractivity (Wildman–Crippen MR) is 109 cm³/mol. The van der Waals surface area contributed by atoms with Crippen LogP contribution in [0.3, 0.4) is 0 Å². The molecule has 4 rings (SSSR count). The molecule has 3 nitrogen and oxygen atoms in total. The molecule has 4 heteroatoms. The van der Waals surface area contributed by atoms with Gasteiger partial charge in [0.15, 0.2) is 0 Å². The van der Waals surface area contributed by atoms with Crippen LogP contribution < -0.4 is 10.2 Å². The number of hydrogen-bond acceptors (Lipinski definition) is 3. The topological polar surface area (TPSA) is 28.2 Å². The Labute approximate surface area is 155 Å². The predicted octanol–water partition coefficient (Wildman–Crippen LogP) is 4.35. The average Bonchev–Trinajstić information content (AvgIpc) is 2.65. The molecule has 0 spiro atoms. The largest absolute Gasteiger partial charge is 0.368 e. The minimum atomic E-state index is 0. The first kappa shape index (κ1) is 17.7. The van der Waals surface area contributed by atoms with Gasteiger partial charge in [0.05, 0.1) is 11.2 Å². The summed E-state index contributed by atoms with van der Waals surface area (Å²) in [6.45, 7) is 8.50. The molecule has 3 aromatic rings. The van der Waals surface area contributed by atoms with Crippen molar-refractivity contribution in [2.75, 3.05) is 31.1 Å². The fourth-order valence-electron chi connectivity index (χ4n) is 3.44. The van der Waals surface area contributed by atoms with Gasteiger partial charge in [0.25, 0.3) is 0 Å². The monoisotopic (exact) mass is 353 g/mol. The maximum absolute atomic E-state index is 5.02. The molecule has 1 saturated heterocycles. The molecule has 0 aliphatic carbocycles. The number of fused-ring (bicyclic) bond motifs is 1. The van der Waals surface area contributed by atoms with E-state index in [-0.39, 0.29) is 12.4 Å². The van der Waals surface area contributed by atoms with Gasteiger partial charge in [-0.2, -0.15) is 0 Å². The van der Waals surface area contributed by atoms with E-state index in [1.165, 1.54) is 27.8 Å². The highest BCUT2D eigenvalue weighted by Crippen LogP contribution is 2.33. The molecule has 1 fully saturated rings. The molecule has 0 saturated carbocycles. The number of aromatic nitrogens is 1. The number of anilines is 1. The molecule has 1 aliphatic rings. The number of nitrogens with one attached hydrogen (secondary N) is 1. The van der Waals surface area contributed by atoms with Crippen LogP contribution in [0.1, 0.15) is 11.1 Å². The molecule has 0 unspecified atom stereocenters. The van der Waals surface area contributed by atoms with Crippen LogP contribution >= 0.6 is 12.4 Å². The summed E-state index contributed by atoms with van der Waals surface area (Å²) in [5.74, 6) is 0. The fourth-order valence-corrected chi connectivity index (χ4v) is 3.44. The first-order valence-corrected chi connectivity index (χ1v) is 8.66. The van der Waals surface area contributed by atoms with Crippen LogP contribution in [0.15, 0.2) is 48.5 Å². The van der Waals surface area contributed by atoms with E-state index >= 15 is 0 Å². The maximum atomic E-state index is 5.02. The highest BCUT2D eigenvalue weighted by Gasteiger charge is 2.17. The Kier molecular flexibility index (Phi) is 5.26. The lowest BCUT2D eigenvalue weighted by Gasteiger charge is -2.31. The number of rotatable bonds is 2.